The summed E-state index contributed by atoms with van der Waals surface area (Å²) >= 11 is 0. The molecule has 2 heterocycles. The number of nitrogens with zero attached hydrogens (tertiary/aromatic N) is 2. The zero-order chi connectivity index (χ0) is 17.9. The molecule has 1 aliphatic heterocycles. The summed E-state index contributed by atoms with van der Waals surface area (Å²) in [5.41, 5.74) is 3.00. The number of benzene rings is 2. The Labute approximate surface area is 151 Å². The second-order valence-corrected chi connectivity index (χ2v) is 6.61. The molecule has 0 aliphatic carbocycles. The van der Waals surface area contributed by atoms with Gasteiger partial charge in [-0.2, -0.15) is 0 Å². The Morgan fingerprint density at radius 1 is 1.15 bits per heavy atom. The Morgan fingerprint density at radius 3 is 2.73 bits per heavy atom. The maximum atomic E-state index is 14.3. The van der Waals surface area contributed by atoms with E-state index in [4.69, 9.17) is 9.47 Å². The van der Waals surface area contributed by atoms with Gasteiger partial charge in [0, 0.05) is 19.6 Å². The summed E-state index contributed by atoms with van der Waals surface area (Å²) in [4.78, 5) is 9.76. The topological polar surface area (TPSA) is 50.4 Å². The van der Waals surface area contributed by atoms with Crippen molar-refractivity contribution < 1.29 is 13.9 Å². The van der Waals surface area contributed by atoms with E-state index in [-0.39, 0.29) is 6.61 Å². The molecule has 0 amide bonds. The van der Waals surface area contributed by atoms with Crippen molar-refractivity contribution in [3.05, 3.63) is 59.9 Å². The van der Waals surface area contributed by atoms with Crippen molar-refractivity contribution in [3.8, 4) is 5.75 Å². The number of halogens is 1. The monoisotopic (exact) mass is 355 g/mol. The maximum Gasteiger partial charge on any atom is 0.140 e. The third-order valence-electron chi connectivity index (χ3n) is 4.71. The summed E-state index contributed by atoms with van der Waals surface area (Å²) in [6, 6.07) is 15.7. The fourth-order valence-corrected chi connectivity index (χ4v) is 3.34. The van der Waals surface area contributed by atoms with Crippen molar-refractivity contribution in [1.29, 1.82) is 0 Å². The van der Waals surface area contributed by atoms with E-state index in [1.165, 1.54) is 0 Å². The molecular weight excluding hydrogens is 333 g/mol. The molecule has 1 saturated heterocycles. The Hall–Kier alpha value is -2.44. The second-order valence-electron chi connectivity index (χ2n) is 6.61. The van der Waals surface area contributed by atoms with Crippen LogP contribution < -0.4 is 4.74 Å². The van der Waals surface area contributed by atoms with Crippen LogP contribution >= 0.6 is 0 Å². The van der Waals surface area contributed by atoms with Crippen molar-refractivity contribution >= 4 is 11.0 Å². The van der Waals surface area contributed by atoms with Crippen molar-refractivity contribution in [2.75, 3.05) is 20.2 Å². The number of fused-ring (bicyclic) bond motifs is 1. The van der Waals surface area contributed by atoms with Gasteiger partial charge in [-0.3, -0.25) is 4.90 Å². The summed E-state index contributed by atoms with van der Waals surface area (Å²) in [6.45, 7) is 1.95. The molecule has 1 fully saturated rings. The van der Waals surface area contributed by atoms with Gasteiger partial charge in [-0.15, -0.1) is 0 Å². The highest BCUT2D eigenvalue weighted by atomic mass is 19.1. The van der Waals surface area contributed by atoms with E-state index in [0.717, 1.165) is 28.2 Å². The Morgan fingerprint density at radius 2 is 1.96 bits per heavy atom. The van der Waals surface area contributed by atoms with Gasteiger partial charge in [0.05, 0.1) is 18.1 Å². The van der Waals surface area contributed by atoms with Crippen molar-refractivity contribution in [1.82, 2.24) is 14.9 Å². The van der Waals surface area contributed by atoms with Gasteiger partial charge in [-0.25, -0.2) is 9.37 Å². The van der Waals surface area contributed by atoms with Gasteiger partial charge in [-0.05, 0) is 29.8 Å². The number of hydrogen-bond donors (Lipinski definition) is 1. The van der Waals surface area contributed by atoms with Gasteiger partial charge in [0.25, 0.3) is 0 Å². The van der Waals surface area contributed by atoms with Crippen LogP contribution in [0.3, 0.4) is 0 Å². The molecule has 0 saturated carbocycles. The first kappa shape index (κ1) is 17.0. The van der Waals surface area contributed by atoms with E-state index in [1.54, 1.807) is 7.11 Å². The van der Waals surface area contributed by atoms with Crippen LogP contribution in [0.5, 0.6) is 5.75 Å². The first-order valence-corrected chi connectivity index (χ1v) is 8.76. The number of aromatic amines is 1. The lowest BCUT2D eigenvalue weighted by atomic mass is 10.2. The molecule has 0 radical (unpaired) electrons. The second kappa shape index (κ2) is 7.43. The van der Waals surface area contributed by atoms with E-state index < -0.39 is 12.3 Å². The zero-order valence-electron chi connectivity index (χ0n) is 14.7. The van der Waals surface area contributed by atoms with Gasteiger partial charge < -0.3 is 14.5 Å². The summed E-state index contributed by atoms with van der Waals surface area (Å²) in [7, 11) is 1.65. The normalized spacial score (nSPS) is 20.7. The number of alkyl halides is 1. The summed E-state index contributed by atoms with van der Waals surface area (Å²) in [5, 5.41) is 0. The quantitative estimate of drug-likeness (QED) is 0.737. The minimum Gasteiger partial charge on any atom is -0.497 e. The van der Waals surface area contributed by atoms with E-state index in [0.29, 0.717) is 19.6 Å². The van der Waals surface area contributed by atoms with E-state index >= 15 is 0 Å². The Kier molecular flexibility index (Phi) is 4.86. The lowest BCUT2D eigenvalue weighted by molar-refractivity contribution is 0.00864. The van der Waals surface area contributed by atoms with Gasteiger partial charge in [0.1, 0.15) is 30.5 Å². The number of imidazole rings is 1. The highest BCUT2D eigenvalue weighted by Crippen LogP contribution is 2.21. The molecule has 136 valence electrons. The smallest absolute Gasteiger partial charge is 0.140 e. The molecule has 2 atom stereocenters. The lowest BCUT2D eigenvalue weighted by Crippen LogP contribution is -2.24. The van der Waals surface area contributed by atoms with Crippen LogP contribution in [0.25, 0.3) is 11.0 Å². The number of methoxy groups -OCH3 is 1. The molecule has 2 aromatic carbocycles. The van der Waals surface area contributed by atoms with Gasteiger partial charge >= 0.3 is 0 Å². The molecule has 0 bridgehead atoms. The standard InChI is InChI=1S/C20H22FN3O2/c1-25-15-8-6-14(7-9-15)10-24-11-16(21)19(12-24)26-13-20-22-17-4-2-3-5-18(17)23-20/h2-9,16,19H,10-13H2,1H3,(H,22,23)/t16-,19+/m1/s1. The molecule has 4 rings (SSSR count). The molecule has 1 aromatic heterocycles. The number of likely N-dealkylation sites (tertiary alicyclic amines) is 1. The summed E-state index contributed by atoms with van der Waals surface area (Å²) in [5.74, 6) is 1.55. The molecule has 6 heteroatoms. The number of H-pyrrole nitrogens is 1. The maximum absolute atomic E-state index is 14.3. The molecule has 5 nitrogen and oxygen atoms in total. The molecule has 1 aliphatic rings. The largest absolute Gasteiger partial charge is 0.497 e. The number of aromatic nitrogens is 2. The van der Waals surface area contributed by atoms with Crippen molar-refractivity contribution in [2.24, 2.45) is 0 Å². The van der Waals surface area contributed by atoms with E-state index in [9.17, 15) is 4.39 Å². The average Bonchev–Trinajstić information content (AvgIpc) is 3.23. The van der Waals surface area contributed by atoms with Crippen molar-refractivity contribution in [2.45, 2.75) is 25.4 Å². The zero-order valence-corrected chi connectivity index (χ0v) is 14.7. The highest BCUT2D eigenvalue weighted by molar-refractivity contribution is 5.74. The average molecular weight is 355 g/mol. The minimum absolute atomic E-state index is 0.288. The van der Waals surface area contributed by atoms with Crippen LogP contribution in [-0.4, -0.2) is 47.3 Å². The predicted molar refractivity (Wildman–Crippen MR) is 97.8 cm³/mol. The lowest BCUT2D eigenvalue weighted by Gasteiger charge is -2.15. The fraction of sp³-hybridized carbons (Fsp3) is 0.350. The van der Waals surface area contributed by atoms with Gasteiger partial charge in [-0.1, -0.05) is 24.3 Å². The van der Waals surface area contributed by atoms with Crippen LogP contribution in [0.4, 0.5) is 4.39 Å². The molecular formula is C20H22FN3O2. The number of nitrogens with one attached hydrogen (secondary N) is 1. The highest BCUT2D eigenvalue weighted by Gasteiger charge is 2.33. The predicted octanol–water partition coefficient (Wildman–Crippen LogP) is 3.31. The van der Waals surface area contributed by atoms with Gasteiger partial charge in [0.2, 0.25) is 0 Å². The van der Waals surface area contributed by atoms with Gasteiger partial charge in [0.15, 0.2) is 0 Å². The number of para-hydroxylation sites is 2. The number of ether oxygens (including phenoxy) is 2. The SMILES string of the molecule is COc1ccc(CN2C[C@@H](F)[C@@H](OCc3nc4ccccc4[nH]3)C2)cc1. The molecule has 0 unspecified atom stereocenters. The summed E-state index contributed by atoms with van der Waals surface area (Å²) in [6.07, 6.45) is -1.42. The molecule has 1 N–H and O–H groups in total. The van der Waals surface area contributed by atoms with Crippen molar-refractivity contribution in [3.63, 3.8) is 0 Å². The van der Waals surface area contributed by atoms with E-state index in [2.05, 4.69) is 14.9 Å². The van der Waals surface area contributed by atoms with E-state index in [1.807, 2.05) is 48.5 Å². The summed E-state index contributed by atoms with van der Waals surface area (Å²) < 4.78 is 25.3. The van der Waals surface area contributed by atoms with Crippen LogP contribution in [0.1, 0.15) is 11.4 Å². The minimum atomic E-state index is -0.988. The number of hydrogen-bond acceptors (Lipinski definition) is 4. The Balaban J connectivity index is 1.33. The van der Waals surface area contributed by atoms with Crippen LogP contribution in [-0.2, 0) is 17.9 Å². The fourth-order valence-electron chi connectivity index (χ4n) is 3.34. The molecule has 3 aromatic rings. The third-order valence-corrected chi connectivity index (χ3v) is 4.71. The first-order chi connectivity index (χ1) is 12.7. The molecule has 26 heavy (non-hydrogen) atoms. The first-order valence-electron chi connectivity index (χ1n) is 8.76. The van der Waals surface area contributed by atoms with Crippen LogP contribution in [0.2, 0.25) is 0 Å². The van der Waals surface area contributed by atoms with Crippen LogP contribution in [0, 0.1) is 0 Å². The molecule has 0 spiro atoms. The Bertz CT molecular complexity index is 832. The number of rotatable bonds is 6. The third kappa shape index (κ3) is 3.71. The van der Waals surface area contributed by atoms with Crippen LogP contribution in [0.15, 0.2) is 48.5 Å².